The van der Waals surface area contributed by atoms with Gasteiger partial charge in [-0.15, -0.1) is 0 Å². The summed E-state index contributed by atoms with van der Waals surface area (Å²) >= 11 is 0. The van der Waals surface area contributed by atoms with Crippen LogP contribution in [0.3, 0.4) is 0 Å². The van der Waals surface area contributed by atoms with Crippen molar-refractivity contribution in [2.75, 3.05) is 26.8 Å². The Morgan fingerprint density at radius 3 is 2.79 bits per heavy atom. The molecule has 3 heteroatoms. The van der Waals surface area contributed by atoms with Gasteiger partial charge < -0.3 is 14.7 Å². The van der Waals surface area contributed by atoms with Crippen molar-refractivity contribution >= 4 is 0 Å². The molecule has 3 nitrogen and oxygen atoms in total. The number of likely N-dealkylation sites (N-methyl/N-ethyl adjacent to an activating group) is 1. The van der Waals surface area contributed by atoms with Gasteiger partial charge in [-0.3, -0.25) is 0 Å². The first-order chi connectivity index (χ1) is 6.75. The van der Waals surface area contributed by atoms with Crippen LogP contribution in [-0.4, -0.2) is 49.0 Å². The van der Waals surface area contributed by atoms with E-state index < -0.39 is 0 Å². The van der Waals surface area contributed by atoms with E-state index in [4.69, 9.17) is 4.74 Å². The molecule has 14 heavy (non-hydrogen) atoms. The number of hydrogen-bond donors (Lipinski definition) is 1. The van der Waals surface area contributed by atoms with E-state index in [0.717, 1.165) is 38.5 Å². The molecule has 0 amide bonds. The van der Waals surface area contributed by atoms with E-state index in [1.54, 1.807) is 0 Å². The van der Waals surface area contributed by atoms with E-state index in [0.29, 0.717) is 6.04 Å². The highest BCUT2D eigenvalue weighted by molar-refractivity contribution is 4.83. The molecule has 0 aromatic heterocycles. The van der Waals surface area contributed by atoms with Crippen LogP contribution >= 0.6 is 0 Å². The van der Waals surface area contributed by atoms with Gasteiger partial charge in [0.1, 0.15) is 0 Å². The molecule has 1 aliphatic heterocycles. The van der Waals surface area contributed by atoms with Gasteiger partial charge in [0.15, 0.2) is 0 Å². The van der Waals surface area contributed by atoms with Crippen LogP contribution in [0.2, 0.25) is 0 Å². The van der Waals surface area contributed by atoms with Gasteiger partial charge in [-0.1, -0.05) is 0 Å². The van der Waals surface area contributed by atoms with Crippen LogP contribution in [0.15, 0.2) is 0 Å². The zero-order chi connectivity index (χ0) is 9.97. The van der Waals surface area contributed by atoms with Gasteiger partial charge in [-0.05, 0) is 38.6 Å². The van der Waals surface area contributed by atoms with Crippen molar-refractivity contribution < 1.29 is 9.84 Å². The lowest BCUT2D eigenvalue weighted by molar-refractivity contribution is -0.00773. The van der Waals surface area contributed by atoms with Crippen LogP contribution in [0.5, 0.6) is 0 Å². The molecular weight excluding hydrogens is 178 g/mol. The van der Waals surface area contributed by atoms with Gasteiger partial charge >= 0.3 is 0 Å². The highest BCUT2D eigenvalue weighted by Gasteiger charge is 2.30. The molecule has 2 rings (SSSR count). The molecule has 1 unspecified atom stereocenters. The molecule has 82 valence electrons. The summed E-state index contributed by atoms with van der Waals surface area (Å²) in [6, 6.07) is 0.612. The Kier molecular flexibility index (Phi) is 3.42. The highest BCUT2D eigenvalue weighted by atomic mass is 16.5. The minimum Gasteiger partial charge on any atom is -0.393 e. The van der Waals surface area contributed by atoms with Gasteiger partial charge in [-0.25, -0.2) is 0 Å². The van der Waals surface area contributed by atoms with E-state index in [1.165, 1.54) is 12.8 Å². The Hall–Kier alpha value is -0.120. The fourth-order valence-corrected chi connectivity index (χ4v) is 2.48. The molecule has 1 N–H and O–H groups in total. The lowest BCUT2D eigenvalue weighted by Crippen LogP contribution is -2.44. The molecular formula is C11H21NO2. The van der Waals surface area contributed by atoms with Crippen molar-refractivity contribution in [2.45, 2.75) is 37.8 Å². The lowest BCUT2D eigenvalue weighted by Gasteiger charge is -2.38. The van der Waals surface area contributed by atoms with Crippen molar-refractivity contribution in [3.63, 3.8) is 0 Å². The monoisotopic (exact) mass is 199 g/mol. The van der Waals surface area contributed by atoms with Crippen LogP contribution < -0.4 is 0 Å². The summed E-state index contributed by atoms with van der Waals surface area (Å²) in [4.78, 5) is 2.41. The van der Waals surface area contributed by atoms with E-state index in [1.807, 2.05) is 0 Å². The average molecular weight is 199 g/mol. The fraction of sp³-hybridized carbons (Fsp3) is 1.00. The standard InChI is InChI=1S/C11H21NO2/c1-12(7-9-5-11(13)6-9)10-3-2-4-14-8-10/h9-11,13H,2-8H2,1H3. The van der Waals surface area contributed by atoms with Crippen LogP contribution in [0, 0.1) is 5.92 Å². The fourth-order valence-electron chi connectivity index (χ4n) is 2.48. The summed E-state index contributed by atoms with van der Waals surface area (Å²) in [5.41, 5.74) is 0. The largest absolute Gasteiger partial charge is 0.393 e. The Morgan fingerprint density at radius 2 is 2.21 bits per heavy atom. The maximum atomic E-state index is 9.20. The molecule has 1 atom stereocenters. The normalized spacial score (nSPS) is 38.4. The van der Waals surface area contributed by atoms with Crippen LogP contribution in [0.1, 0.15) is 25.7 Å². The van der Waals surface area contributed by atoms with Crippen molar-refractivity contribution in [2.24, 2.45) is 5.92 Å². The second-order valence-corrected chi connectivity index (χ2v) is 4.80. The zero-order valence-electron chi connectivity index (χ0n) is 8.98. The molecule has 1 aliphatic carbocycles. The summed E-state index contributed by atoms with van der Waals surface area (Å²) in [7, 11) is 2.18. The van der Waals surface area contributed by atoms with Crippen LogP contribution in [0.4, 0.5) is 0 Å². The van der Waals surface area contributed by atoms with E-state index >= 15 is 0 Å². The maximum Gasteiger partial charge on any atom is 0.0621 e. The number of nitrogens with zero attached hydrogens (tertiary/aromatic N) is 1. The van der Waals surface area contributed by atoms with E-state index in [9.17, 15) is 5.11 Å². The molecule has 0 spiro atoms. The summed E-state index contributed by atoms with van der Waals surface area (Å²) in [5, 5.41) is 9.20. The number of rotatable bonds is 3. The topological polar surface area (TPSA) is 32.7 Å². The minimum atomic E-state index is -0.0176. The van der Waals surface area contributed by atoms with E-state index in [-0.39, 0.29) is 6.10 Å². The molecule has 1 saturated heterocycles. The first kappa shape index (κ1) is 10.4. The smallest absolute Gasteiger partial charge is 0.0621 e. The summed E-state index contributed by atoms with van der Waals surface area (Å²) in [6.07, 6.45) is 4.44. The van der Waals surface area contributed by atoms with Crippen molar-refractivity contribution in [3.05, 3.63) is 0 Å². The second kappa shape index (κ2) is 4.60. The predicted octanol–water partition coefficient (Wildman–Crippen LogP) is 0.868. The van der Waals surface area contributed by atoms with Crippen LogP contribution in [0.25, 0.3) is 0 Å². The maximum absolute atomic E-state index is 9.20. The van der Waals surface area contributed by atoms with E-state index in [2.05, 4.69) is 11.9 Å². The van der Waals surface area contributed by atoms with Crippen molar-refractivity contribution in [1.82, 2.24) is 4.90 Å². The quantitative estimate of drug-likeness (QED) is 0.732. The molecule has 0 aromatic carbocycles. The van der Waals surface area contributed by atoms with Crippen molar-refractivity contribution in [3.8, 4) is 0 Å². The number of aliphatic hydroxyl groups is 1. The SMILES string of the molecule is CN(CC1CC(O)C1)C1CCCOC1. The third kappa shape index (κ3) is 2.47. The lowest BCUT2D eigenvalue weighted by atomic mass is 9.82. The van der Waals surface area contributed by atoms with Crippen LogP contribution in [-0.2, 0) is 4.74 Å². The predicted molar refractivity (Wildman–Crippen MR) is 55.2 cm³/mol. The third-order valence-electron chi connectivity index (χ3n) is 3.52. The number of hydrogen-bond acceptors (Lipinski definition) is 3. The Morgan fingerprint density at radius 1 is 1.43 bits per heavy atom. The number of ether oxygens (including phenoxy) is 1. The molecule has 0 bridgehead atoms. The third-order valence-corrected chi connectivity index (χ3v) is 3.52. The van der Waals surface area contributed by atoms with Gasteiger partial charge in [0.2, 0.25) is 0 Å². The Labute approximate surface area is 86.0 Å². The highest BCUT2D eigenvalue weighted by Crippen LogP contribution is 2.28. The molecule has 0 radical (unpaired) electrons. The summed E-state index contributed by atoms with van der Waals surface area (Å²) < 4.78 is 5.47. The first-order valence-electron chi connectivity index (χ1n) is 5.71. The minimum absolute atomic E-state index is 0.0176. The second-order valence-electron chi connectivity index (χ2n) is 4.80. The van der Waals surface area contributed by atoms with Gasteiger partial charge in [0, 0.05) is 19.2 Å². The van der Waals surface area contributed by atoms with Gasteiger partial charge in [0.25, 0.3) is 0 Å². The Bertz CT molecular complexity index is 174. The first-order valence-corrected chi connectivity index (χ1v) is 5.71. The van der Waals surface area contributed by atoms with Crippen molar-refractivity contribution in [1.29, 1.82) is 0 Å². The molecule has 0 aromatic rings. The molecule has 1 heterocycles. The summed E-state index contributed by atoms with van der Waals surface area (Å²) in [5.74, 6) is 0.719. The average Bonchev–Trinajstić information content (AvgIpc) is 2.17. The molecule has 2 fully saturated rings. The zero-order valence-corrected chi connectivity index (χ0v) is 8.98. The Balaban J connectivity index is 1.69. The molecule has 1 saturated carbocycles. The van der Waals surface area contributed by atoms with Gasteiger partial charge in [-0.2, -0.15) is 0 Å². The van der Waals surface area contributed by atoms with Gasteiger partial charge in [0.05, 0.1) is 12.7 Å². The number of aliphatic hydroxyl groups excluding tert-OH is 1. The summed E-state index contributed by atoms with van der Waals surface area (Å²) in [6.45, 7) is 2.96. The molecule has 2 aliphatic rings.